The average molecular weight is 493 g/mol. The first-order chi connectivity index (χ1) is 12.6. The van der Waals surface area contributed by atoms with Gasteiger partial charge in [-0.25, -0.2) is 9.37 Å². The molecule has 0 saturated carbocycles. The van der Waals surface area contributed by atoms with Crippen LogP contribution in [0.2, 0.25) is 0 Å². The molecule has 3 radical (unpaired) electrons. The highest BCUT2D eigenvalue weighted by Gasteiger charge is 2.26. The lowest BCUT2D eigenvalue weighted by Crippen LogP contribution is -2.30. The van der Waals surface area contributed by atoms with E-state index in [4.69, 9.17) is 4.53 Å². The molecule has 1 heterocycles. The average Bonchev–Trinajstić information content (AvgIpc) is 2.58. The summed E-state index contributed by atoms with van der Waals surface area (Å²) >= 11 is 1.90. The fourth-order valence-electron chi connectivity index (χ4n) is 3.39. The Hall–Kier alpha value is -1.74. The van der Waals surface area contributed by atoms with Crippen LogP contribution in [0, 0.1) is 23.2 Å². The van der Waals surface area contributed by atoms with Crippen molar-refractivity contribution in [2.24, 2.45) is 0 Å². The topological polar surface area (TPSA) is 44.1 Å². The lowest BCUT2D eigenvalue weighted by molar-refractivity contribution is 0.303. The van der Waals surface area contributed by atoms with Crippen LogP contribution in [0.15, 0.2) is 29.1 Å². The van der Waals surface area contributed by atoms with Gasteiger partial charge >= 0.3 is 16.0 Å². The molecule has 0 aliphatic carbocycles. The Morgan fingerprint density at radius 1 is 1.26 bits per heavy atom. The lowest BCUT2D eigenvalue weighted by Gasteiger charge is -2.25. The van der Waals surface area contributed by atoms with Gasteiger partial charge in [-0.05, 0) is 76.7 Å². The second-order valence-electron chi connectivity index (χ2n) is 7.56. The largest absolute Gasteiger partial charge is 0.465 e. The molecule has 0 amide bonds. The predicted octanol–water partition coefficient (Wildman–Crippen LogP) is 4.23. The quantitative estimate of drug-likeness (QED) is 0.397. The van der Waals surface area contributed by atoms with Crippen LogP contribution in [0.3, 0.4) is 0 Å². The van der Waals surface area contributed by atoms with E-state index < -0.39 is 11.4 Å². The predicted molar refractivity (Wildman–Crippen MR) is 115 cm³/mol. The summed E-state index contributed by atoms with van der Waals surface area (Å²) in [5.41, 5.74) is 3.71. The zero-order valence-corrected chi connectivity index (χ0v) is 18.9. The number of hydrogen-bond donors (Lipinski definition) is 0. The van der Waals surface area contributed by atoms with E-state index in [0.29, 0.717) is 14.6 Å². The van der Waals surface area contributed by atoms with E-state index in [0.717, 1.165) is 21.4 Å². The summed E-state index contributed by atoms with van der Waals surface area (Å²) in [7, 11) is 2.98. The van der Waals surface area contributed by atoms with E-state index in [1.807, 2.05) is 42.5 Å². The van der Waals surface area contributed by atoms with Crippen molar-refractivity contribution in [2.75, 3.05) is 0 Å². The summed E-state index contributed by atoms with van der Waals surface area (Å²) in [6.07, 6.45) is 0. The molecule has 27 heavy (non-hydrogen) atoms. The Morgan fingerprint density at radius 3 is 2.52 bits per heavy atom. The third-order valence-electron chi connectivity index (χ3n) is 4.68. The Labute approximate surface area is 174 Å². The van der Waals surface area contributed by atoms with Gasteiger partial charge in [0.15, 0.2) is 0 Å². The van der Waals surface area contributed by atoms with E-state index in [1.54, 1.807) is 18.2 Å². The smallest absolute Gasteiger partial charge is 0.385 e. The number of rotatable bonds is 2. The van der Waals surface area contributed by atoms with Gasteiger partial charge in [0.1, 0.15) is 17.0 Å². The zero-order valence-electron chi connectivity index (χ0n) is 15.8. The summed E-state index contributed by atoms with van der Waals surface area (Å²) < 4.78 is 21.5. The first kappa shape index (κ1) is 20.0. The number of hydrogen-bond acceptors (Lipinski definition) is 3. The van der Waals surface area contributed by atoms with Crippen LogP contribution in [0.5, 0.6) is 0 Å². The summed E-state index contributed by atoms with van der Waals surface area (Å²) in [4.78, 5) is 17.7. The monoisotopic (exact) mass is 493 g/mol. The molecule has 0 bridgehead atoms. The summed E-state index contributed by atoms with van der Waals surface area (Å²) in [6.45, 7) is 10.3. The minimum atomic E-state index is -0.526. The fraction of sp³-hybridized carbons (Fsp3) is 0.300. The molecule has 0 fully saturated rings. The van der Waals surface area contributed by atoms with E-state index in [-0.39, 0.29) is 16.7 Å². The minimum Gasteiger partial charge on any atom is -0.465 e. The van der Waals surface area contributed by atoms with Crippen molar-refractivity contribution in [2.45, 2.75) is 40.0 Å². The molecule has 0 N–H and O–H groups in total. The molecule has 0 atom stereocenters. The van der Waals surface area contributed by atoms with Crippen molar-refractivity contribution >= 4 is 44.1 Å². The maximum absolute atomic E-state index is 14.7. The molecule has 3 aromatic rings. The van der Waals surface area contributed by atoms with E-state index in [1.165, 1.54) is 0 Å². The van der Waals surface area contributed by atoms with Crippen molar-refractivity contribution in [1.82, 2.24) is 9.71 Å². The van der Waals surface area contributed by atoms with Crippen LogP contribution in [0.25, 0.3) is 22.3 Å². The number of benzene rings is 2. The van der Waals surface area contributed by atoms with Crippen LogP contribution in [-0.2, 0) is 5.41 Å². The molecule has 1 aromatic heterocycles. The first-order valence-corrected chi connectivity index (χ1v) is 9.92. The Kier molecular flexibility index (Phi) is 5.19. The van der Waals surface area contributed by atoms with Gasteiger partial charge in [0.25, 0.3) is 0 Å². The number of aromatic nitrogens is 2. The van der Waals surface area contributed by atoms with E-state index in [2.05, 4.69) is 36.2 Å². The van der Waals surface area contributed by atoms with Crippen LogP contribution in [0.1, 0.15) is 37.5 Å². The van der Waals surface area contributed by atoms with Crippen molar-refractivity contribution < 1.29 is 8.92 Å². The van der Waals surface area contributed by atoms with Crippen LogP contribution in [-0.4, -0.2) is 20.2 Å². The van der Waals surface area contributed by atoms with Crippen molar-refractivity contribution in [1.29, 1.82) is 0 Å². The number of nitrogens with zero attached hydrogens (tertiary/aromatic N) is 2. The third kappa shape index (κ3) is 3.31. The number of halogens is 2. The molecular formula is C20H19FIN2O2Si. The van der Waals surface area contributed by atoms with Crippen LogP contribution < -0.4 is 10.1 Å². The molecule has 2 aromatic carbocycles. The summed E-state index contributed by atoms with van der Waals surface area (Å²) in [5.74, 6) is -0.469. The van der Waals surface area contributed by atoms with Gasteiger partial charge in [-0.3, -0.25) is 4.79 Å². The van der Waals surface area contributed by atoms with Crippen LogP contribution >= 0.6 is 22.6 Å². The van der Waals surface area contributed by atoms with Gasteiger partial charge in [0.2, 0.25) is 0 Å². The van der Waals surface area contributed by atoms with Crippen LogP contribution in [0.4, 0.5) is 4.39 Å². The lowest BCUT2D eigenvalue weighted by atomic mass is 9.81. The SMILES string of the molecule is Cc1cc2c(nc(-c3cccc(I)c3F)c(=O)n2O[Si])c(C(C)(C)C)c1C. The molecule has 0 aliphatic heterocycles. The molecule has 0 saturated heterocycles. The molecule has 0 spiro atoms. The van der Waals surface area contributed by atoms with Gasteiger partial charge in [-0.15, -0.1) is 0 Å². The third-order valence-corrected chi connectivity index (χ3v) is 5.69. The molecule has 0 aliphatic rings. The molecule has 7 heteroatoms. The van der Waals surface area contributed by atoms with Crippen molar-refractivity contribution in [3.8, 4) is 11.3 Å². The second-order valence-corrected chi connectivity index (χ2v) is 8.91. The molecule has 3 rings (SSSR count). The normalized spacial score (nSPS) is 11.9. The Bertz CT molecular complexity index is 1120. The molecule has 0 unspecified atom stereocenters. The van der Waals surface area contributed by atoms with Crippen molar-refractivity contribution in [3.63, 3.8) is 0 Å². The van der Waals surface area contributed by atoms with Gasteiger partial charge in [0, 0.05) is 9.13 Å². The summed E-state index contributed by atoms with van der Waals surface area (Å²) in [5, 5.41) is 0. The standard InChI is InChI=1S/C20H19FIN2O2Si/c1-10-9-14-18(15(11(10)2)20(3,4)5)23-17(19(25)24(14)26-27)12-7-6-8-13(22)16(12)21/h6-9H,1-5H3. The fourth-order valence-corrected chi connectivity index (χ4v) is 4.07. The Morgan fingerprint density at radius 2 is 1.93 bits per heavy atom. The maximum atomic E-state index is 14.7. The van der Waals surface area contributed by atoms with Gasteiger partial charge in [-0.1, -0.05) is 26.8 Å². The number of aryl methyl sites for hydroxylation is 1. The van der Waals surface area contributed by atoms with E-state index in [9.17, 15) is 9.18 Å². The van der Waals surface area contributed by atoms with Gasteiger partial charge < -0.3 is 4.53 Å². The maximum Gasteiger partial charge on any atom is 0.385 e. The summed E-state index contributed by atoms with van der Waals surface area (Å²) in [6, 6.07) is 6.77. The molecule has 4 nitrogen and oxygen atoms in total. The van der Waals surface area contributed by atoms with Gasteiger partial charge in [0.05, 0.1) is 5.52 Å². The van der Waals surface area contributed by atoms with Crippen molar-refractivity contribution in [3.05, 3.63) is 60.7 Å². The highest BCUT2D eigenvalue weighted by atomic mass is 127. The second kappa shape index (κ2) is 7.01. The highest BCUT2D eigenvalue weighted by molar-refractivity contribution is 14.1. The van der Waals surface area contributed by atoms with E-state index >= 15 is 0 Å². The zero-order chi connectivity index (χ0) is 20.1. The Balaban J connectivity index is 2.56. The highest BCUT2D eigenvalue weighted by Crippen LogP contribution is 2.34. The molecular weight excluding hydrogens is 474 g/mol. The first-order valence-electron chi connectivity index (χ1n) is 8.43. The minimum absolute atomic E-state index is 0.0190. The molecule has 139 valence electrons. The number of fused-ring (bicyclic) bond motifs is 1. The van der Waals surface area contributed by atoms with Gasteiger partial charge in [-0.2, -0.15) is 4.73 Å².